The van der Waals surface area contributed by atoms with Gasteiger partial charge in [0, 0.05) is 11.1 Å². The highest BCUT2D eigenvalue weighted by atomic mass is 32.2. The van der Waals surface area contributed by atoms with Gasteiger partial charge >= 0.3 is 6.01 Å². The van der Waals surface area contributed by atoms with Gasteiger partial charge < -0.3 is 4.42 Å². The lowest BCUT2D eigenvalue weighted by molar-refractivity contribution is 0.102. The Labute approximate surface area is 157 Å². The maximum absolute atomic E-state index is 12.3. The molecule has 3 rings (SSSR count). The van der Waals surface area contributed by atoms with E-state index in [1.807, 2.05) is 32.0 Å². The van der Waals surface area contributed by atoms with Crippen LogP contribution < -0.4 is 5.32 Å². The van der Waals surface area contributed by atoms with Gasteiger partial charge in [0.15, 0.2) is 9.84 Å². The molecular weight excluding hydrogens is 366 g/mol. The number of aryl methyl sites for hydroxylation is 2. The van der Waals surface area contributed by atoms with Crippen LogP contribution in [0.15, 0.2) is 51.8 Å². The number of rotatable bonds is 5. The maximum Gasteiger partial charge on any atom is 0.322 e. The Hall–Kier alpha value is -3.00. The van der Waals surface area contributed by atoms with Gasteiger partial charge in [-0.3, -0.25) is 10.1 Å². The van der Waals surface area contributed by atoms with Crippen LogP contribution >= 0.6 is 0 Å². The summed E-state index contributed by atoms with van der Waals surface area (Å²) >= 11 is 0. The van der Waals surface area contributed by atoms with Crippen molar-refractivity contribution in [3.05, 3.63) is 59.2 Å². The van der Waals surface area contributed by atoms with E-state index < -0.39 is 15.7 Å². The SMILES string of the molecule is CCS(=O)(=O)c1ccc(C(=O)Nc2nnc(-c3cc(C)cc(C)c3)o2)cc1. The second kappa shape index (κ2) is 7.32. The van der Waals surface area contributed by atoms with Crippen molar-refractivity contribution in [3.63, 3.8) is 0 Å². The topological polar surface area (TPSA) is 102 Å². The molecule has 2 aromatic carbocycles. The van der Waals surface area contributed by atoms with Gasteiger partial charge in [0.05, 0.1) is 10.6 Å². The fraction of sp³-hybridized carbons (Fsp3) is 0.211. The minimum atomic E-state index is -3.31. The lowest BCUT2D eigenvalue weighted by Gasteiger charge is -2.04. The van der Waals surface area contributed by atoms with Gasteiger partial charge in [0.25, 0.3) is 5.91 Å². The van der Waals surface area contributed by atoms with Crippen LogP contribution in [0, 0.1) is 13.8 Å². The first kappa shape index (κ1) is 18.8. The summed E-state index contributed by atoms with van der Waals surface area (Å²) < 4.78 is 29.2. The van der Waals surface area contributed by atoms with Crippen molar-refractivity contribution >= 4 is 21.8 Å². The number of nitrogens with one attached hydrogen (secondary N) is 1. The van der Waals surface area contributed by atoms with E-state index in [4.69, 9.17) is 4.42 Å². The lowest BCUT2D eigenvalue weighted by atomic mass is 10.1. The smallest absolute Gasteiger partial charge is 0.322 e. The molecule has 7 nitrogen and oxygen atoms in total. The summed E-state index contributed by atoms with van der Waals surface area (Å²) in [7, 11) is -3.31. The van der Waals surface area contributed by atoms with Gasteiger partial charge in [-0.15, -0.1) is 5.10 Å². The molecule has 1 heterocycles. The van der Waals surface area contributed by atoms with E-state index in [1.165, 1.54) is 24.3 Å². The van der Waals surface area contributed by atoms with Gasteiger partial charge in [-0.1, -0.05) is 29.2 Å². The number of anilines is 1. The number of nitrogens with zero attached hydrogens (tertiary/aromatic N) is 2. The molecule has 1 amide bonds. The first-order valence-electron chi connectivity index (χ1n) is 8.35. The van der Waals surface area contributed by atoms with E-state index in [0.717, 1.165) is 16.7 Å². The van der Waals surface area contributed by atoms with E-state index in [1.54, 1.807) is 6.92 Å². The van der Waals surface area contributed by atoms with E-state index in [-0.39, 0.29) is 22.2 Å². The summed E-state index contributed by atoms with van der Waals surface area (Å²) in [6, 6.07) is 11.5. The second-order valence-electron chi connectivity index (χ2n) is 6.17. The highest BCUT2D eigenvalue weighted by Crippen LogP contribution is 2.23. The number of benzene rings is 2. The highest BCUT2D eigenvalue weighted by molar-refractivity contribution is 7.91. The van der Waals surface area contributed by atoms with Crippen molar-refractivity contribution in [2.45, 2.75) is 25.7 Å². The maximum atomic E-state index is 12.3. The van der Waals surface area contributed by atoms with E-state index in [9.17, 15) is 13.2 Å². The van der Waals surface area contributed by atoms with Crippen molar-refractivity contribution in [3.8, 4) is 11.5 Å². The molecule has 0 unspecified atom stereocenters. The van der Waals surface area contributed by atoms with Crippen LogP contribution in [0.3, 0.4) is 0 Å². The fourth-order valence-electron chi connectivity index (χ4n) is 2.64. The predicted molar refractivity (Wildman–Crippen MR) is 101 cm³/mol. The molecule has 0 saturated heterocycles. The van der Waals surface area contributed by atoms with Crippen molar-refractivity contribution in [2.75, 3.05) is 11.1 Å². The number of hydrogen-bond donors (Lipinski definition) is 1. The van der Waals surface area contributed by atoms with Gasteiger partial charge in [-0.05, 0) is 50.2 Å². The highest BCUT2D eigenvalue weighted by Gasteiger charge is 2.15. The Kier molecular flexibility index (Phi) is 5.09. The Morgan fingerprint density at radius 2 is 1.67 bits per heavy atom. The molecular formula is C19H19N3O4S. The van der Waals surface area contributed by atoms with Crippen LogP contribution in [0.4, 0.5) is 6.01 Å². The quantitative estimate of drug-likeness (QED) is 0.722. The molecule has 0 fully saturated rings. The Balaban J connectivity index is 1.76. The zero-order valence-electron chi connectivity index (χ0n) is 15.2. The minimum absolute atomic E-state index is 0.00173. The van der Waals surface area contributed by atoms with Crippen LogP contribution in [0.5, 0.6) is 0 Å². The van der Waals surface area contributed by atoms with E-state index >= 15 is 0 Å². The molecule has 1 aromatic heterocycles. The summed E-state index contributed by atoms with van der Waals surface area (Å²) in [4.78, 5) is 12.5. The fourth-order valence-corrected chi connectivity index (χ4v) is 3.52. The van der Waals surface area contributed by atoms with E-state index in [0.29, 0.717) is 5.89 Å². The molecule has 0 bridgehead atoms. The van der Waals surface area contributed by atoms with Gasteiger partial charge in [0.1, 0.15) is 0 Å². The molecule has 1 N–H and O–H groups in total. The zero-order chi connectivity index (χ0) is 19.6. The number of aromatic nitrogens is 2. The summed E-state index contributed by atoms with van der Waals surface area (Å²) in [5.41, 5.74) is 3.19. The average Bonchev–Trinajstić information content (AvgIpc) is 3.09. The van der Waals surface area contributed by atoms with Crippen molar-refractivity contribution in [1.82, 2.24) is 10.2 Å². The third kappa shape index (κ3) is 4.22. The number of hydrogen-bond acceptors (Lipinski definition) is 6. The molecule has 140 valence electrons. The van der Waals surface area contributed by atoms with Crippen LogP contribution in [0.25, 0.3) is 11.5 Å². The average molecular weight is 385 g/mol. The zero-order valence-corrected chi connectivity index (χ0v) is 16.0. The molecule has 0 aliphatic rings. The van der Waals surface area contributed by atoms with Crippen molar-refractivity contribution in [2.24, 2.45) is 0 Å². The van der Waals surface area contributed by atoms with E-state index in [2.05, 4.69) is 15.5 Å². The summed E-state index contributed by atoms with van der Waals surface area (Å²) in [5, 5.41) is 10.3. The minimum Gasteiger partial charge on any atom is -0.403 e. The monoisotopic (exact) mass is 385 g/mol. The van der Waals surface area contributed by atoms with Crippen molar-refractivity contribution < 1.29 is 17.6 Å². The van der Waals surface area contributed by atoms with Gasteiger partial charge in [-0.25, -0.2) is 8.42 Å². The summed E-state index contributed by atoms with van der Waals surface area (Å²) in [6.45, 7) is 5.51. The van der Waals surface area contributed by atoms with Crippen LogP contribution in [0.2, 0.25) is 0 Å². The number of sulfone groups is 1. The Morgan fingerprint density at radius 3 is 2.26 bits per heavy atom. The molecule has 0 saturated carbocycles. The molecule has 0 spiro atoms. The normalized spacial score (nSPS) is 11.4. The largest absolute Gasteiger partial charge is 0.403 e. The first-order chi connectivity index (χ1) is 12.8. The molecule has 0 atom stereocenters. The molecule has 0 radical (unpaired) electrons. The van der Waals surface area contributed by atoms with Crippen LogP contribution in [0.1, 0.15) is 28.4 Å². The third-order valence-corrected chi connectivity index (χ3v) is 5.72. The van der Waals surface area contributed by atoms with Crippen LogP contribution in [-0.4, -0.2) is 30.3 Å². The molecule has 0 aliphatic heterocycles. The molecule has 27 heavy (non-hydrogen) atoms. The predicted octanol–water partition coefficient (Wildman–Crippen LogP) is 3.40. The Morgan fingerprint density at radius 1 is 1.04 bits per heavy atom. The van der Waals surface area contributed by atoms with Gasteiger partial charge in [-0.2, -0.15) is 0 Å². The standard InChI is InChI=1S/C19H19N3O4S/c1-4-27(24,25)16-7-5-14(6-8-16)17(23)20-19-22-21-18(26-19)15-10-12(2)9-13(3)11-15/h5-11H,4H2,1-3H3,(H,20,22,23). The molecule has 0 aliphatic carbocycles. The number of carbonyl (C=O) groups excluding carboxylic acids is 1. The molecule has 3 aromatic rings. The van der Waals surface area contributed by atoms with Crippen molar-refractivity contribution in [1.29, 1.82) is 0 Å². The number of carbonyl (C=O) groups is 1. The summed E-state index contributed by atoms with van der Waals surface area (Å²) in [5.74, 6) is -0.158. The van der Waals surface area contributed by atoms with Crippen LogP contribution in [-0.2, 0) is 9.84 Å². The third-order valence-electron chi connectivity index (χ3n) is 3.97. The Bertz CT molecular complexity index is 1070. The molecule has 8 heteroatoms. The first-order valence-corrected chi connectivity index (χ1v) is 10.00. The van der Waals surface area contributed by atoms with Gasteiger partial charge in [0.2, 0.25) is 5.89 Å². The number of amides is 1. The summed E-state index contributed by atoms with van der Waals surface area (Å²) in [6.07, 6.45) is 0. The lowest BCUT2D eigenvalue weighted by Crippen LogP contribution is -2.12. The second-order valence-corrected chi connectivity index (χ2v) is 8.45.